The molecule has 0 radical (unpaired) electrons. The van der Waals surface area contributed by atoms with Crippen LogP contribution in [0, 0.1) is 43.4 Å². The minimum absolute atomic E-state index is 0.0731. The molecule has 2 aromatic carbocycles. The van der Waals surface area contributed by atoms with Gasteiger partial charge in [0.05, 0.1) is 34.6 Å². The van der Waals surface area contributed by atoms with Gasteiger partial charge in [-0.15, -0.1) is 26.6 Å². The van der Waals surface area contributed by atoms with Gasteiger partial charge in [0.2, 0.25) is 0 Å². The number of aromatic nitrogens is 6. The summed E-state index contributed by atoms with van der Waals surface area (Å²) in [4.78, 5) is 26.3. The normalized spacial score (nSPS) is 18.2. The van der Waals surface area contributed by atoms with Gasteiger partial charge in [0, 0.05) is 46.2 Å². The number of thiophene rings is 1. The molecule has 6 aromatic rings. The Labute approximate surface area is 376 Å². The van der Waals surface area contributed by atoms with Crippen LogP contribution in [0.15, 0.2) is 76.5 Å². The maximum atomic E-state index is 12.7. The van der Waals surface area contributed by atoms with Crippen molar-refractivity contribution in [2.24, 2.45) is 16.3 Å². The highest BCUT2D eigenvalue weighted by molar-refractivity contribution is 7.15. The molecular formula is C48H51ClN10O3S. The van der Waals surface area contributed by atoms with E-state index < -0.39 is 0 Å². The average molecular weight is 884 g/mol. The van der Waals surface area contributed by atoms with E-state index in [1.807, 2.05) is 25.1 Å². The van der Waals surface area contributed by atoms with Gasteiger partial charge in [-0.3, -0.25) is 14.4 Å². The van der Waals surface area contributed by atoms with Gasteiger partial charge in [-0.1, -0.05) is 43.0 Å². The third-order valence-electron chi connectivity index (χ3n) is 13.3. The Bertz CT molecular complexity index is 2650. The van der Waals surface area contributed by atoms with Crippen LogP contribution in [0.25, 0.3) is 5.00 Å². The largest absolute Gasteiger partial charge is 0.508 e. The smallest absolute Gasteiger partial charge is 0.272 e. The fraction of sp³-hybridized carbons (Fsp3) is 0.417. The molecule has 3 fully saturated rings. The lowest BCUT2D eigenvalue weighted by Gasteiger charge is -2.54. The van der Waals surface area contributed by atoms with Crippen molar-refractivity contribution in [1.29, 1.82) is 5.26 Å². The maximum absolute atomic E-state index is 12.7. The number of aliphatic imine (C=N–C) groups is 1. The highest BCUT2D eigenvalue weighted by Gasteiger charge is 2.45. The first-order chi connectivity index (χ1) is 30.6. The summed E-state index contributed by atoms with van der Waals surface area (Å²) in [7, 11) is 0. The number of amides is 1. The summed E-state index contributed by atoms with van der Waals surface area (Å²) in [6.45, 7) is 8.58. The number of phenolic OH excluding ortho intramolecular Hbond substituents is 1. The Kier molecular flexibility index (Phi) is 12.2. The molecule has 10 rings (SSSR count). The number of nitriles is 1. The number of nitrogens with one attached hydrogen (secondary N) is 1. The van der Waals surface area contributed by atoms with E-state index in [9.17, 15) is 4.79 Å². The predicted octanol–water partition coefficient (Wildman–Crippen LogP) is 9.39. The number of anilines is 1. The van der Waals surface area contributed by atoms with Gasteiger partial charge in [0.1, 0.15) is 34.9 Å². The minimum Gasteiger partial charge on any atom is -0.508 e. The summed E-state index contributed by atoms with van der Waals surface area (Å²) >= 11 is 7.32. The molecule has 1 atom stereocenters. The van der Waals surface area contributed by atoms with Crippen LogP contribution >= 0.6 is 22.9 Å². The van der Waals surface area contributed by atoms with Crippen molar-refractivity contribution < 1.29 is 14.3 Å². The maximum Gasteiger partial charge on any atom is 0.272 e. The number of rotatable bonds is 8. The van der Waals surface area contributed by atoms with Crippen LogP contribution in [-0.4, -0.2) is 65.8 Å². The van der Waals surface area contributed by atoms with Gasteiger partial charge >= 0.3 is 0 Å². The van der Waals surface area contributed by atoms with Crippen molar-refractivity contribution in [2.45, 2.75) is 103 Å². The fourth-order valence-electron chi connectivity index (χ4n) is 9.62. The molecule has 1 amide bonds. The highest BCUT2D eigenvalue weighted by Crippen LogP contribution is 2.48. The molecule has 2 N–H and O–H groups in total. The molecule has 4 aliphatic rings. The lowest BCUT2D eigenvalue weighted by Crippen LogP contribution is -2.57. The van der Waals surface area contributed by atoms with Crippen LogP contribution < -0.4 is 10.2 Å². The number of carbonyl (C=O) groups is 1. The number of benzene rings is 2. The summed E-state index contributed by atoms with van der Waals surface area (Å²) in [6.07, 6.45) is 15.4. The summed E-state index contributed by atoms with van der Waals surface area (Å²) in [5.74, 6) is 2.90. The first-order valence-corrected chi connectivity index (χ1v) is 23.1. The van der Waals surface area contributed by atoms with Crippen LogP contribution in [0.1, 0.15) is 125 Å². The van der Waals surface area contributed by atoms with Crippen molar-refractivity contribution in [3.8, 4) is 16.8 Å². The van der Waals surface area contributed by atoms with Crippen molar-refractivity contribution in [1.82, 2.24) is 35.3 Å². The van der Waals surface area contributed by atoms with Crippen LogP contribution in [0.5, 0.6) is 5.75 Å². The van der Waals surface area contributed by atoms with Crippen LogP contribution in [0.3, 0.4) is 0 Å². The monoisotopic (exact) mass is 882 g/mol. The Morgan fingerprint density at radius 2 is 1.75 bits per heavy atom. The third kappa shape index (κ3) is 8.99. The zero-order valence-electron chi connectivity index (χ0n) is 35.9. The molecule has 15 heteroatoms. The fourth-order valence-corrected chi connectivity index (χ4v) is 11.0. The van der Waals surface area contributed by atoms with E-state index in [0.29, 0.717) is 34.9 Å². The topological polar surface area (TPSA) is 171 Å². The first-order valence-electron chi connectivity index (χ1n) is 21.9. The second kappa shape index (κ2) is 18.1. The second-order valence-corrected chi connectivity index (χ2v) is 19.2. The van der Waals surface area contributed by atoms with E-state index in [4.69, 9.17) is 31.4 Å². The Morgan fingerprint density at radius 1 is 0.968 bits per heavy atom. The van der Waals surface area contributed by atoms with E-state index in [2.05, 4.69) is 78.3 Å². The zero-order chi connectivity index (χ0) is 43.7. The summed E-state index contributed by atoms with van der Waals surface area (Å²) in [5.41, 5.74) is 7.94. The summed E-state index contributed by atoms with van der Waals surface area (Å²) in [5, 5.41) is 39.6. The van der Waals surface area contributed by atoms with Crippen LogP contribution in [0.4, 0.5) is 5.69 Å². The molecule has 2 aliphatic heterocycles. The SMILES string of the molecule is Cc1sc2c(c1C)C(c1ccc(N3CC4(CCC(Cc5ccc(C(=O)NC6CCCCC6)nn5)CC4)C3)cc1)=NC(Cc1ncco1)c1nnc(C)n1-2.N#Cc1ccc(O)cc1Cl. The Balaban J connectivity index is 0.000000446. The number of aromatic hydroxyl groups is 1. The molecule has 1 spiro atoms. The molecule has 2 aliphatic carbocycles. The number of halogens is 1. The van der Waals surface area contributed by atoms with Gasteiger partial charge in [-0.05, 0) is 120 Å². The van der Waals surface area contributed by atoms with E-state index in [1.54, 1.807) is 23.8 Å². The molecule has 63 heavy (non-hydrogen) atoms. The minimum atomic E-state index is -0.280. The van der Waals surface area contributed by atoms with E-state index in [-0.39, 0.29) is 28.8 Å². The number of nitrogens with zero attached hydrogens (tertiary/aromatic N) is 9. The van der Waals surface area contributed by atoms with Crippen molar-refractivity contribution in [3.63, 3.8) is 0 Å². The molecule has 324 valence electrons. The number of aryl methyl sites for hydroxylation is 2. The van der Waals surface area contributed by atoms with Crippen molar-refractivity contribution >= 4 is 40.2 Å². The number of carbonyl (C=O) groups excluding carboxylic acids is 1. The molecular weight excluding hydrogens is 832 g/mol. The van der Waals surface area contributed by atoms with Crippen molar-refractivity contribution in [3.05, 3.63) is 128 Å². The summed E-state index contributed by atoms with van der Waals surface area (Å²) in [6, 6.07) is 19.0. The Hall–Kier alpha value is -5.91. The van der Waals surface area contributed by atoms with Crippen LogP contribution in [-0.2, 0) is 12.8 Å². The predicted molar refractivity (Wildman–Crippen MR) is 243 cm³/mol. The van der Waals surface area contributed by atoms with Crippen LogP contribution in [0.2, 0.25) is 5.02 Å². The molecule has 1 saturated heterocycles. The van der Waals surface area contributed by atoms with Gasteiger partial charge in [0.25, 0.3) is 5.91 Å². The van der Waals surface area contributed by atoms with E-state index in [1.165, 1.54) is 79.3 Å². The van der Waals surface area contributed by atoms with Crippen molar-refractivity contribution in [2.75, 3.05) is 18.0 Å². The average Bonchev–Trinajstić information content (AvgIpc) is 3.99. The quantitative estimate of drug-likeness (QED) is 0.150. The number of hydrogen-bond donors (Lipinski definition) is 2. The molecule has 1 unspecified atom stereocenters. The van der Waals surface area contributed by atoms with Gasteiger partial charge in [-0.2, -0.15) is 10.4 Å². The van der Waals surface area contributed by atoms with E-state index in [0.717, 1.165) is 71.5 Å². The molecule has 2 saturated carbocycles. The lowest BCUT2D eigenvalue weighted by molar-refractivity contribution is 0.0921. The molecule has 0 bridgehead atoms. The number of oxazole rings is 1. The third-order valence-corrected chi connectivity index (χ3v) is 14.8. The summed E-state index contributed by atoms with van der Waals surface area (Å²) < 4.78 is 7.83. The number of phenols is 1. The van der Waals surface area contributed by atoms with Gasteiger partial charge in [-0.25, -0.2) is 4.98 Å². The second-order valence-electron chi connectivity index (χ2n) is 17.6. The lowest BCUT2D eigenvalue weighted by atomic mass is 9.65. The molecule has 4 aromatic heterocycles. The van der Waals surface area contributed by atoms with E-state index >= 15 is 0 Å². The van der Waals surface area contributed by atoms with Gasteiger partial charge < -0.3 is 19.7 Å². The molecule has 13 nitrogen and oxygen atoms in total. The highest BCUT2D eigenvalue weighted by atomic mass is 35.5. The Morgan fingerprint density at radius 3 is 2.43 bits per heavy atom. The standard InChI is InChI=1S/C41H47N9O2S.C7H4ClNO/c1-25-26(2)53-40-36(25)37(44-34(22-35-42-19-20-52-35)38-48-45-27(3)50(38)40)29-9-12-32(13-10-29)49-23-41(24-49)17-15-28(16-18-41)21-31-11-14-33(47-46-31)39(51)43-30-7-5-4-6-8-30;8-7-3-6(10)2-1-5(7)4-9/h9-14,19-20,28,30,34H,4-8,15-18,21-24H2,1-3H3,(H,43,51);1-3,10H. The van der Waals surface area contributed by atoms with Gasteiger partial charge in [0.15, 0.2) is 17.4 Å². The number of hydrogen-bond acceptors (Lipinski definition) is 12. The first kappa shape index (κ1) is 42.4. The molecule has 6 heterocycles. The zero-order valence-corrected chi connectivity index (χ0v) is 37.4. The number of fused-ring (bicyclic) bond motifs is 3.